The van der Waals surface area contributed by atoms with E-state index in [9.17, 15) is 8.42 Å². The average Bonchev–Trinajstić information content (AvgIpc) is 2.35. The smallest absolute Gasteiger partial charge is 0.214 e. The SMILES string of the molecule is CCCOCCS(=O)(=O)NC(C)C1COCCO1. The zero-order valence-electron chi connectivity index (χ0n) is 11.1. The van der Waals surface area contributed by atoms with Crippen LogP contribution >= 0.6 is 0 Å². The summed E-state index contributed by atoms with van der Waals surface area (Å²) in [7, 11) is -3.32. The molecule has 7 heteroatoms. The van der Waals surface area contributed by atoms with Crippen LogP contribution in [0.4, 0.5) is 0 Å². The number of ether oxygens (including phenoxy) is 3. The van der Waals surface area contributed by atoms with Gasteiger partial charge in [-0.1, -0.05) is 6.92 Å². The van der Waals surface area contributed by atoms with E-state index < -0.39 is 10.0 Å². The Bertz CT molecular complexity index is 313. The highest BCUT2D eigenvalue weighted by atomic mass is 32.2. The van der Waals surface area contributed by atoms with Gasteiger partial charge in [0.2, 0.25) is 10.0 Å². The zero-order chi connectivity index (χ0) is 13.4. The number of sulfonamides is 1. The lowest BCUT2D eigenvalue weighted by atomic mass is 10.2. The molecule has 0 bridgehead atoms. The fourth-order valence-corrected chi connectivity index (χ4v) is 2.80. The first-order chi connectivity index (χ1) is 8.55. The van der Waals surface area contributed by atoms with Gasteiger partial charge in [-0.05, 0) is 13.3 Å². The molecule has 0 aromatic rings. The predicted molar refractivity (Wildman–Crippen MR) is 68.1 cm³/mol. The van der Waals surface area contributed by atoms with Gasteiger partial charge in [-0.2, -0.15) is 0 Å². The zero-order valence-corrected chi connectivity index (χ0v) is 11.9. The van der Waals surface area contributed by atoms with Crippen LogP contribution in [0.3, 0.4) is 0 Å². The molecule has 0 aliphatic carbocycles. The molecule has 6 nitrogen and oxygen atoms in total. The Morgan fingerprint density at radius 2 is 2.17 bits per heavy atom. The van der Waals surface area contributed by atoms with E-state index in [0.29, 0.717) is 26.4 Å². The lowest BCUT2D eigenvalue weighted by molar-refractivity contribution is -0.0966. The van der Waals surface area contributed by atoms with E-state index in [-0.39, 0.29) is 24.5 Å². The summed E-state index contributed by atoms with van der Waals surface area (Å²) in [5.41, 5.74) is 0. The molecule has 1 fully saturated rings. The van der Waals surface area contributed by atoms with Crippen molar-refractivity contribution in [2.45, 2.75) is 32.4 Å². The number of nitrogens with one attached hydrogen (secondary N) is 1. The van der Waals surface area contributed by atoms with E-state index in [1.165, 1.54) is 0 Å². The molecule has 0 aromatic heterocycles. The predicted octanol–water partition coefficient (Wildman–Crippen LogP) is 0.136. The molecule has 2 unspecified atom stereocenters. The average molecular weight is 281 g/mol. The van der Waals surface area contributed by atoms with Crippen molar-refractivity contribution in [2.75, 3.05) is 38.8 Å². The van der Waals surface area contributed by atoms with E-state index in [0.717, 1.165) is 6.42 Å². The minimum absolute atomic E-state index is 0.0229. The van der Waals surface area contributed by atoms with Crippen molar-refractivity contribution >= 4 is 10.0 Å². The molecule has 0 saturated carbocycles. The van der Waals surface area contributed by atoms with Crippen molar-refractivity contribution in [1.29, 1.82) is 0 Å². The maximum atomic E-state index is 11.8. The molecule has 0 amide bonds. The minimum Gasteiger partial charge on any atom is -0.380 e. The quantitative estimate of drug-likeness (QED) is 0.640. The third-order valence-electron chi connectivity index (χ3n) is 2.61. The molecule has 108 valence electrons. The summed E-state index contributed by atoms with van der Waals surface area (Å²) in [5.74, 6) is -0.0229. The standard InChI is InChI=1S/C11H23NO5S/c1-3-4-15-7-8-18(13,14)12-10(2)11-9-16-5-6-17-11/h10-12H,3-9H2,1-2H3. The Hall–Kier alpha value is -0.210. The van der Waals surface area contributed by atoms with E-state index >= 15 is 0 Å². The fourth-order valence-electron chi connectivity index (χ4n) is 1.63. The molecule has 1 heterocycles. The summed E-state index contributed by atoms with van der Waals surface area (Å²) in [6, 6.07) is -0.290. The topological polar surface area (TPSA) is 73.9 Å². The Morgan fingerprint density at radius 3 is 2.78 bits per heavy atom. The second kappa shape index (κ2) is 8.06. The van der Waals surface area contributed by atoms with Crippen LogP contribution in [0.2, 0.25) is 0 Å². The van der Waals surface area contributed by atoms with Crippen molar-refractivity contribution in [3.05, 3.63) is 0 Å². The van der Waals surface area contributed by atoms with Crippen LogP contribution in [-0.2, 0) is 24.2 Å². The summed E-state index contributed by atoms with van der Waals surface area (Å²) < 4.78 is 42.0. The Labute approximate surface area is 109 Å². The first-order valence-corrected chi connectivity index (χ1v) is 7.97. The van der Waals surface area contributed by atoms with E-state index in [2.05, 4.69) is 4.72 Å². The monoisotopic (exact) mass is 281 g/mol. The first kappa shape index (κ1) is 15.8. The van der Waals surface area contributed by atoms with Crippen LogP contribution in [0, 0.1) is 0 Å². The number of hydrogen-bond acceptors (Lipinski definition) is 5. The second-order valence-corrected chi connectivity index (χ2v) is 6.20. The van der Waals surface area contributed by atoms with Crippen LogP contribution in [-0.4, -0.2) is 59.4 Å². The molecule has 0 radical (unpaired) electrons. The highest BCUT2D eigenvalue weighted by molar-refractivity contribution is 7.89. The molecular formula is C11H23NO5S. The minimum atomic E-state index is -3.32. The van der Waals surface area contributed by atoms with Gasteiger partial charge in [0.15, 0.2) is 0 Å². The Balaban J connectivity index is 2.29. The fraction of sp³-hybridized carbons (Fsp3) is 1.00. The van der Waals surface area contributed by atoms with Gasteiger partial charge in [-0.25, -0.2) is 13.1 Å². The van der Waals surface area contributed by atoms with Gasteiger partial charge in [0, 0.05) is 12.6 Å². The van der Waals surface area contributed by atoms with Gasteiger partial charge in [-0.3, -0.25) is 0 Å². The Kier molecular flexibility index (Phi) is 7.10. The summed E-state index contributed by atoms with van der Waals surface area (Å²) in [5, 5.41) is 0. The van der Waals surface area contributed by atoms with Crippen molar-refractivity contribution < 1.29 is 22.6 Å². The third-order valence-corrected chi connectivity index (χ3v) is 4.04. The van der Waals surface area contributed by atoms with Crippen LogP contribution in [0.15, 0.2) is 0 Å². The normalized spacial score (nSPS) is 22.9. The number of rotatable bonds is 8. The molecule has 0 aromatic carbocycles. The maximum Gasteiger partial charge on any atom is 0.214 e. The van der Waals surface area contributed by atoms with Crippen molar-refractivity contribution in [3.63, 3.8) is 0 Å². The van der Waals surface area contributed by atoms with Crippen LogP contribution < -0.4 is 4.72 Å². The first-order valence-electron chi connectivity index (χ1n) is 6.32. The lowest BCUT2D eigenvalue weighted by Gasteiger charge is -2.28. The summed E-state index contributed by atoms with van der Waals surface area (Å²) in [4.78, 5) is 0. The largest absolute Gasteiger partial charge is 0.380 e. The second-order valence-electron chi connectivity index (χ2n) is 4.32. The lowest BCUT2D eigenvalue weighted by Crippen LogP contribution is -2.47. The van der Waals surface area contributed by atoms with E-state index in [1.807, 2.05) is 6.92 Å². The molecule has 1 saturated heterocycles. The molecule has 18 heavy (non-hydrogen) atoms. The van der Waals surface area contributed by atoms with Gasteiger partial charge >= 0.3 is 0 Å². The van der Waals surface area contributed by atoms with E-state index in [1.54, 1.807) is 6.92 Å². The van der Waals surface area contributed by atoms with Crippen LogP contribution in [0.25, 0.3) is 0 Å². The van der Waals surface area contributed by atoms with Crippen LogP contribution in [0.5, 0.6) is 0 Å². The molecule has 1 aliphatic heterocycles. The van der Waals surface area contributed by atoms with Gasteiger partial charge < -0.3 is 14.2 Å². The molecule has 1 aliphatic rings. The molecule has 1 rings (SSSR count). The van der Waals surface area contributed by atoms with Gasteiger partial charge in [0.05, 0.1) is 38.3 Å². The summed E-state index contributed by atoms with van der Waals surface area (Å²) >= 11 is 0. The van der Waals surface area contributed by atoms with Gasteiger partial charge in [0.25, 0.3) is 0 Å². The third kappa shape index (κ3) is 6.10. The van der Waals surface area contributed by atoms with Crippen molar-refractivity contribution in [3.8, 4) is 0 Å². The highest BCUT2D eigenvalue weighted by Crippen LogP contribution is 2.06. The van der Waals surface area contributed by atoms with Crippen LogP contribution in [0.1, 0.15) is 20.3 Å². The summed E-state index contributed by atoms with van der Waals surface area (Å²) in [6.45, 7) is 6.08. The summed E-state index contributed by atoms with van der Waals surface area (Å²) in [6.07, 6.45) is 0.669. The molecule has 2 atom stereocenters. The molecule has 1 N–H and O–H groups in total. The van der Waals surface area contributed by atoms with Crippen molar-refractivity contribution in [2.24, 2.45) is 0 Å². The Morgan fingerprint density at radius 1 is 1.39 bits per heavy atom. The van der Waals surface area contributed by atoms with E-state index in [4.69, 9.17) is 14.2 Å². The van der Waals surface area contributed by atoms with Crippen molar-refractivity contribution in [1.82, 2.24) is 4.72 Å². The van der Waals surface area contributed by atoms with Gasteiger partial charge in [-0.15, -0.1) is 0 Å². The van der Waals surface area contributed by atoms with Gasteiger partial charge in [0.1, 0.15) is 0 Å². The molecule has 0 spiro atoms. The number of hydrogen-bond donors (Lipinski definition) is 1. The molecular weight excluding hydrogens is 258 g/mol. The highest BCUT2D eigenvalue weighted by Gasteiger charge is 2.25. The maximum absolute atomic E-state index is 11.8.